The summed E-state index contributed by atoms with van der Waals surface area (Å²) in [5.74, 6) is -0.442. The smallest absolute Gasteiger partial charge is 0.278 e. The van der Waals surface area contributed by atoms with E-state index < -0.39 is 6.10 Å². The summed E-state index contributed by atoms with van der Waals surface area (Å²) in [6.07, 6.45) is 2.28. The number of aliphatic hydroxyl groups excluding tert-OH is 1. The SMILES string of the molecule is C[N+](C)(C)CC(O)CC(=O)NCCNC(=O)CCn1cnc2c(=O)[nH]cnc21.[Cl-]. The van der Waals surface area contributed by atoms with E-state index >= 15 is 0 Å². The van der Waals surface area contributed by atoms with Crippen molar-refractivity contribution >= 4 is 23.0 Å². The molecule has 0 bridgehead atoms. The number of aromatic amines is 1. The van der Waals surface area contributed by atoms with Crippen LogP contribution in [0.15, 0.2) is 17.4 Å². The van der Waals surface area contributed by atoms with Crippen molar-refractivity contribution in [3.8, 4) is 0 Å². The molecule has 2 rings (SSSR count). The molecule has 162 valence electrons. The highest BCUT2D eigenvalue weighted by molar-refractivity contribution is 5.77. The molecule has 0 saturated carbocycles. The van der Waals surface area contributed by atoms with E-state index in [9.17, 15) is 19.5 Å². The summed E-state index contributed by atoms with van der Waals surface area (Å²) in [7, 11) is 5.83. The molecule has 0 saturated heterocycles. The third-order valence-corrected chi connectivity index (χ3v) is 3.94. The van der Waals surface area contributed by atoms with Gasteiger partial charge in [0.2, 0.25) is 11.8 Å². The van der Waals surface area contributed by atoms with Gasteiger partial charge in [-0.2, -0.15) is 0 Å². The van der Waals surface area contributed by atoms with Crippen LogP contribution in [-0.4, -0.2) is 87.8 Å². The zero-order valence-corrected chi connectivity index (χ0v) is 17.6. The molecule has 0 radical (unpaired) electrons. The van der Waals surface area contributed by atoms with E-state index in [0.29, 0.717) is 29.8 Å². The number of rotatable bonds is 10. The molecule has 0 fully saturated rings. The summed E-state index contributed by atoms with van der Waals surface area (Å²) in [6, 6.07) is 0. The van der Waals surface area contributed by atoms with Gasteiger partial charge in [-0.1, -0.05) is 0 Å². The van der Waals surface area contributed by atoms with Gasteiger partial charge in [0, 0.05) is 26.1 Å². The minimum atomic E-state index is -0.708. The number of hydrogen-bond donors (Lipinski definition) is 4. The number of halogens is 1. The third-order valence-electron chi connectivity index (χ3n) is 3.94. The molecule has 0 aliphatic rings. The number of amides is 2. The molecular weight excluding hydrogens is 402 g/mol. The van der Waals surface area contributed by atoms with Gasteiger partial charge < -0.3 is 42.2 Å². The number of aryl methyl sites for hydroxylation is 1. The van der Waals surface area contributed by atoms with Gasteiger partial charge >= 0.3 is 0 Å². The topological polar surface area (TPSA) is 142 Å². The van der Waals surface area contributed by atoms with Gasteiger partial charge in [0.25, 0.3) is 5.56 Å². The molecule has 2 aromatic rings. The molecule has 1 unspecified atom stereocenters. The maximum absolute atomic E-state index is 11.9. The van der Waals surface area contributed by atoms with Crippen molar-refractivity contribution in [1.29, 1.82) is 0 Å². The van der Waals surface area contributed by atoms with Crippen molar-refractivity contribution in [1.82, 2.24) is 30.2 Å². The highest BCUT2D eigenvalue weighted by atomic mass is 35.5. The number of quaternary nitrogens is 1. The first-order chi connectivity index (χ1) is 13.2. The number of likely N-dealkylation sites (N-methyl/N-ethyl adjacent to an activating group) is 1. The van der Waals surface area contributed by atoms with E-state index in [4.69, 9.17) is 0 Å². The van der Waals surface area contributed by atoms with E-state index in [-0.39, 0.29) is 54.7 Å². The summed E-state index contributed by atoms with van der Waals surface area (Å²) in [4.78, 5) is 45.8. The minimum absolute atomic E-state index is 0. The van der Waals surface area contributed by atoms with Gasteiger partial charge in [-0.3, -0.25) is 14.4 Å². The van der Waals surface area contributed by atoms with E-state index in [2.05, 4.69) is 25.6 Å². The largest absolute Gasteiger partial charge is 1.00 e. The fourth-order valence-electron chi connectivity index (χ4n) is 2.75. The third kappa shape index (κ3) is 8.18. The fraction of sp³-hybridized carbons (Fsp3) is 0.588. The maximum atomic E-state index is 11.9. The second kappa shape index (κ2) is 10.9. The lowest BCUT2D eigenvalue weighted by Gasteiger charge is -2.26. The van der Waals surface area contributed by atoms with Gasteiger partial charge in [0.1, 0.15) is 12.6 Å². The van der Waals surface area contributed by atoms with Crippen LogP contribution < -0.4 is 28.6 Å². The van der Waals surface area contributed by atoms with Gasteiger partial charge in [0.15, 0.2) is 11.2 Å². The van der Waals surface area contributed by atoms with Crippen LogP contribution in [0.4, 0.5) is 0 Å². The van der Waals surface area contributed by atoms with Crippen molar-refractivity contribution in [3.05, 3.63) is 23.0 Å². The molecule has 2 heterocycles. The second-order valence-corrected chi connectivity index (χ2v) is 7.62. The molecule has 0 aromatic carbocycles. The summed E-state index contributed by atoms with van der Waals surface area (Å²) >= 11 is 0. The normalized spacial score (nSPS) is 12.3. The number of nitrogens with one attached hydrogen (secondary N) is 3. The standard InChI is InChI=1S/C17H27N7O4.ClH/c1-24(2,3)9-12(25)8-14(27)19-6-5-18-13(26)4-7-23-11-22-15-16(23)20-10-21-17(15)28;/h10-12,25H,4-9H2,1-3H3,(H2-,18,19,20,21,26,27,28);1H. The number of carbonyl (C=O) groups excluding carboxylic acids is 2. The predicted octanol–water partition coefficient (Wildman–Crippen LogP) is -4.80. The van der Waals surface area contributed by atoms with Crippen LogP contribution >= 0.6 is 0 Å². The average Bonchev–Trinajstić information content (AvgIpc) is 2.99. The number of imidazole rings is 1. The molecule has 0 spiro atoms. The highest BCUT2D eigenvalue weighted by Gasteiger charge is 2.18. The Balaban J connectivity index is 0.00000420. The Labute approximate surface area is 174 Å². The van der Waals surface area contributed by atoms with E-state index in [1.807, 2.05) is 21.1 Å². The van der Waals surface area contributed by atoms with Crippen LogP contribution in [-0.2, 0) is 16.1 Å². The van der Waals surface area contributed by atoms with Crippen LogP contribution in [0.5, 0.6) is 0 Å². The number of nitrogens with zero attached hydrogens (tertiary/aromatic N) is 4. The molecular formula is C17H28ClN7O4. The van der Waals surface area contributed by atoms with E-state index in [1.165, 1.54) is 12.7 Å². The molecule has 2 amide bonds. The first-order valence-electron chi connectivity index (χ1n) is 9.06. The summed E-state index contributed by atoms with van der Waals surface area (Å²) in [6.45, 7) is 1.39. The average molecular weight is 430 g/mol. The van der Waals surface area contributed by atoms with Crippen molar-refractivity contribution in [2.45, 2.75) is 25.5 Å². The van der Waals surface area contributed by atoms with Crippen molar-refractivity contribution in [2.75, 3.05) is 40.8 Å². The van der Waals surface area contributed by atoms with Crippen molar-refractivity contribution in [2.24, 2.45) is 0 Å². The Bertz CT molecular complexity index is 875. The Morgan fingerprint density at radius 2 is 1.86 bits per heavy atom. The molecule has 0 aliphatic heterocycles. The number of carbonyl (C=O) groups is 2. The number of aliphatic hydroxyl groups is 1. The highest BCUT2D eigenvalue weighted by Crippen LogP contribution is 2.04. The van der Waals surface area contributed by atoms with Crippen molar-refractivity contribution < 1.29 is 31.6 Å². The van der Waals surface area contributed by atoms with Crippen LogP contribution in [0, 0.1) is 0 Å². The van der Waals surface area contributed by atoms with E-state index in [0.717, 1.165) is 0 Å². The fourth-order valence-corrected chi connectivity index (χ4v) is 2.75. The number of H-pyrrole nitrogens is 1. The molecule has 2 aromatic heterocycles. The summed E-state index contributed by atoms with van der Waals surface area (Å²) in [5.41, 5.74) is 0.338. The Morgan fingerprint density at radius 1 is 1.21 bits per heavy atom. The molecule has 1 atom stereocenters. The first kappa shape index (κ1) is 24.5. The van der Waals surface area contributed by atoms with Gasteiger partial charge in [-0.05, 0) is 0 Å². The lowest BCUT2D eigenvalue weighted by molar-refractivity contribution is -0.873. The number of fused-ring (bicyclic) bond motifs is 1. The summed E-state index contributed by atoms with van der Waals surface area (Å²) < 4.78 is 2.21. The summed E-state index contributed by atoms with van der Waals surface area (Å²) in [5, 5.41) is 15.3. The Hall–Kier alpha value is -2.50. The first-order valence-corrected chi connectivity index (χ1v) is 9.06. The van der Waals surface area contributed by atoms with Crippen molar-refractivity contribution in [3.63, 3.8) is 0 Å². The molecule has 12 heteroatoms. The molecule has 11 nitrogen and oxygen atoms in total. The predicted molar refractivity (Wildman–Crippen MR) is 102 cm³/mol. The Morgan fingerprint density at radius 3 is 2.52 bits per heavy atom. The second-order valence-electron chi connectivity index (χ2n) is 7.62. The number of hydrogen-bond acceptors (Lipinski definition) is 6. The van der Waals surface area contributed by atoms with Crippen LogP contribution in [0.2, 0.25) is 0 Å². The molecule has 4 N–H and O–H groups in total. The van der Waals surface area contributed by atoms with Gasteiger partial charge in [0.05, 0.1) is 40.2 Å². The molecule has 29 heavy (non-hydrogen) atoms. The Kier molecular flexibility index (Phi) is 9.21. The van der Waals surface area contributed by atoms with Gasteiger partial charge in [-0.15, -0.1) is 0 Å². The zero-order chi connectivity index (χ0) is 20.7. The van der Waals surface area contributed by atoms with Crippen LogP contribution in [0.3, 0.4) is 0 Å². The number of aromatic nitrogens is 4. The van der Waals surface area contributed by atoms with Crippen LogP contribution in [0.25, 0.3) is 11.2 Å². The lowest BCUT2D eigenvalue weighted by Crippen LogP contribution is -3.00. The molecule has 0 aliphatic carbocycles. The monoisotopic (exact) mass is 429 g/mol. The zero-order valence-electron chi connectivity index (χ0n) is 16.8. The maximum Gasteiger partial charge on any atom is 0.278 e. The van der Waals surface area contributed by atoms with Gasteiger partial charge in [-0.25, -0.2) is 9.97 Å². The minimum Gasteiger partial charge on any atom is -1.00 e. The van der Waals surface area contributed by atoms with Crippen LogP contribution in [0.1, 0.15) is 12.8 Å². The lowest BCUT2D eigenvalue weighted by atomic mass is 10.2. The van der Waals surface area contributed by atoms with E-state index in [1.54, 1.807) is 4.57 Å². The quantitative estimate of drug-likeness (QED) is 0.220.